The highest BCUT2D eigenvalue weighted by Gasteiger charge is 2.45. The number of carbonyl (C=O) groups is 6. The molecule has 5 aromatic rings. The third kappa shape index (κ3) is 8.08. The van der Waals surface area contributed by atoms with E-state index in [9.17, 15) is 41.9 Å². The molecule has 1 aromatic heterocycles. The quantitative estimate of drug-likeness (QED) is 0.144. The van der Waals surface area contributed by atoms with Gasteiger partial charge in [0.05, 0.1) is 34.3 Å². The Kier molecular flexibility index (Phi) is 10.7. The van der Waals surface area contributed by atoms with Gasteiger partial charge in [0.25, 0.3) is 17.7 Å². The second kappa shape index (κ2) is 16.3. The Bertz CT molecular complexity index is 2690. The van der Waals surface area contributed by atoms with Gasteiger partial charge in [-0.1, -0.05) is 42.5 Å². The SMILES string of the molecule is C[C@H](NC(=O)c1ccc2c(-c3ccc(C(F)(F)F)cc3)cccc2c1)c1cccc(NC2CCN(C(=O)C3CN(c4ccc5c(c4)C(=O)N(C4CCC(=O)NC4=O)C5=O)C3)CC2)n1. The summed E-state index contributed by atoms with van der Waals surface area (Å²) in [5, 5.41) is 10.3. The molecule has 9 rings (SSSR count). The molecule has 0 aliphatic carbocycles. The van der Waals surface area contributed by atoms with Crippen molar-refractivity contribution < 1.29 is 41.9 Å². The number of halogens is 3. The third-order valence-corrected chi connectivity index (χ3v) is 12.4. The number of amides is 6. The van der Waals surface area contributed by atoms with Crippen LogP contribution in [0.4, 0.5) is 24.7 Å². The lowest BCUT2D eigenvalue weighted by Gasteiger charge is -2.43. The number of carbonyl (C=O) groups excluding carboxylic acids is 6. The van der Waals surface area contributed by atoms with Crippen LogP contribution >= 0.6 is 0 Å². The van der Waals surface area contributed by atoms with Crippen molar-refractivity contribution in [2.75, 3.05) is 36.4 Å². The summed E-state index contributed by atoms with van der Waals surface area (Å²) in [6.45, 7) is 3.93. The summed E-state index contributed by atoms with van der Waals surface area (Å²) in [6, 6.07) is 24.9. The number of imide groups is 2. The molecule has 2 atom stereocenters. The van der Waals surface area contributed by atoms with Crippen LogP contribution in [-0.4, -0.2) is 88.5 Å². The zero-order chi connectivity index (χ0) is 44.2. The predicted octanol–water partition coefficient (Wildman–Crippen LogP) is 6.35. The Morgan fingerprint density at radius 2 is 1.54 bits per heavy atom. The number of rotatable bonds is 9. The van der Waals surface area contributed by atoms with Gasteiger partial charge in [-0.15, -0.1) is 0 Å². The van der Waals surface area contributed by atoms with E-state index in [2.05, 4.69) is 16.0 Å². The lowest BCUT2D eigenvalue weighted by atomic mass is 9.95. The minimum absolute atomic E-state index is 0.0439. The lowest BCUT2D eigenvalue weighted by molar-refractivity contribution is -0.138. The van der Waals surface area contributed by atoms with Gasteiger partial charge in [0, 0.05) is 49.9 Å². The molecule has 0 bridgehead atoms. The van der Waals surface area contributed by atoms with Crippen molar-refractivity contribution in [3.63, 3.8) is 0 Å². The van der Waals surface area contributed by atoms with Crippen molar-refractivity contribution in [3.8, 4) is 11.1 Å². The fourth-order valence-corrected chi connectivity index (χ4v) is 8.86. The molecule has 0 spiro atoms. The molecule has 63 heavy (non-hydrogen) atoms. The number of nitrogens with one attached hydrogen (secondary N) is 3. The Morgan fingerprint density at radius 1 is 0.810 bits per heavy atom. The fourth-order valence-electron chi connectivity index (χ4n) is 8.86. The van der Waals surface area contributed by atoms with Crippen LogP contribution in [0.15, 0.2) is 97.1 Å². The van der Waals surface area contributed by atoms with Crippen molar-refractivity contribution in [2.24, 2.45) is 5.92 Å². The number of fused-ring (bicyclic) bond motifs is 2. The number of hydrogen-bond acceptors (Lipinski definition) is 9. The lowest BCUT2D eigenvalue weighted by Crippen LogP contribution is -2.56. The summed E-state index contributed by atoms with van der Waals surface area (Å²) in [7, 11) is 0. The van der Waals surface area contributed by atoms with Crippen LogP contribution in [0.5, 0.6) is 0 Å². The molecule has 4 aliphatic rings. The first-order valence-electron chi connectivity index (χ1n) is 20.9. The Hall–Kier alpha value is -7.10. The summed E-state index contributed by atoms with van der Waals surface area (Å²) < 4.78 is 39.4. The second-order valence-electron chi connectivity index (χ2n) is 16.5. The van der Waals surface area contributed by atoms with Gasteiger partial charge in [0.15, 0.2) is 0 Å². The van der Waals surface area contributed by atoms with Gasteiger partial charge >= 0.3 is 6.18 Å². The van der Waals surface area contributed by atoms with E-state index in [1.165, 1.54) is 12.1 Å². The van der Waals surface area contributed by atoms with E-state index >= 15 is 0 Å². The number of alkyl halides is 3. The fraction of sp³-hybridized carbons (Fsp3) is 0.298. The molecule has 4 aromatic carbocycles. The zero-order valence-electron chi connectivity index (χ0n) is 34.1. The first kappa shape index (κ1) is 41.3. The molecule has 5 heterocycles. The van der Waals surface area contributed by atoms with Crippen LogP contribution in [0.2, 0.25) is 0 Å². The number of benzene rings is 4. The summed E-state index contributed by atoms with van der Waals surface area (Å²) in [5.74, 6) is -2.02. The first-order chi connectivity index (χ1) is 30.2. The summed E-state index contributed by atoms with van der Waals surface area (Å²) in [6.07, 6.45) is -2.86. The standard InChI is InChI=1S/C47H42F3N7O6/c1-26(51-42(59)29-10-14-35-28(22-29)4-2-5-34(35)27-8-11-31(12-9-27)47(48,49)50)38-6-3-7-40(53-38)52-32-18-20-55(21-19-32)44(61)30-24-56(25-30)33-13-15-36-37(23-33)46(63)57(45(36)62)39-16-17-41(58)54-43(39)60/h2-15,22-23,26,30,32,39H,16-21,24-25H2,1H3,(H,51,59)(H,52,53)(H,54,58,60)/t26-,39?/m0/s1. The van der Waals surface area contributed by atoms with Crippen LogP contribution in [0.25, 0.3) is 21.9 Å². The molecular formula is C47H42F3N7O6. The van der Waals surface area contributed by atoms with Crippen LogP contribution in [0.3, 0.4) is 0 Å². The second-order valence-corrected chi connectivity index (χ2v) is 16.5. The third-order valence-electron chi connectivity index (χ3n) is 12.4. The van der Waals surface area contributed by atoms with Gasteiger partial charge in [0.1, 0.15) is 11.9 Å². The summed E-state index contributed by atoms with van der Waals surface area (Å²) in [4.78, 5) is 86.9. The van der Waals surface area contributed by atoms with Crippen LogP contribution in [-0.2, 0) is 20.6 Å². The van der Waals surface area contributed by atoms with Crippen LogP contribution < -0.4 is 20.9 Å². The number of aromatic nitrogens is 1. The van der Waals surface area contributed by atoms with Gasteiger partial charge in [-0.25, -0.2) is 4.98 Å². The highest BCUT2D eigenvalue weighted by atomic mass is 19.4. The molecule has 6 amide bonds. The monoisotopic (exact) mass is 857 g/mol. The molecule has 3 saturated heterocycles. The number of hydrogen-bond donors (Lipinski definition) is 3. The van der Waals surface area contributed by atoms with Crippen molar-refractivity contribution >= 4 is 57.7 Å². The topological polar surface area (TPSA) is 161 Å². The molecular weight excluding hydrogens is 816 g/mol. The van der Waals surface area contributed by atoms with E-state index in [1.807, 2.05) is 53.1 Å². The van der Waals surface area contributed by atoms with Gasteiger partial charge in [-0.2, -0.15) is 13.2 Å². The van der Waals surface area contributed by atoms with Crippen molar-refractivity contribution in [2.45, 2.75) is 56.9 Å². The average molecular weight is 858 g/mol. The molecule has 0 radical (unpaired) electrons. The largest absolute Gasteiger partial charge is 0.416 e. The van der Waals surface area contributed by atoms with Gasteiger partial charge in [0.2, 0.25) is 17.7 Å². The zero-order valence-corrected chi connectivity index (χ0v) is 34.1. The Labute approximate surface area is 359 Å². The smallest absolute Gasteiger partial charge is 0.370 e. The highest BCUT2D eigenvalue weighted by Crippen LogP contribution is 2.36. The maximum Gasteiger partial charge on any atom is 0.416 e. The van der Waals surface area contributed by atoms with E-state index < -0.39 is 47.5 Å². The van der Waals surface area contributed by atoms with Gasteiger partial charge < -0.3 is 20.4 Å². The summed E-state index contributed by atoms with van der Waals surface area (Å²) >= 11 is 0. The molecule has 322 valence electrons. The minimum Gasteiger partial charge on any atom is -0.370 e. The number of pyridine rings is 1. The number of likely N-dealkylation sites (tertiary alicyclic amines) is 1. The normalized spacial score (nSPS) is 18.9. The van der Waals surface area contributed by atoms with E-state index in [0.29, 0.717) is 67.3 Å². The highest BCUT2D eigenvalue weighted by molar-refractivity contribution is 6.23. The number of nitrogens with zero attached hydrogens (tertiary/aromatic N) is 4. The van der Waals surface area contributed by atoms with Gasteiger partial charge in [-0.05, 0) is 103 Å². The molecule has 3 fully saturated rings. The van der Waals surface area contributed by atoms with E-state index in [1.54, 1.807) is 36.4 Å². The summed E-state index contributed by atoms with van der Waals surface area (Å²) in [5.41, 5.74) is 2.89. The van der Waals surface area contributed by atoms with Crippen LogP contribution in [0.1, 0.15) is 81.0 Å². The molecule has 3 N–H and O–H groups in total. The Balaban J connectivity index is 0.755. The molecule has 0 saturated carbocycles. The molecule has 16 heteroatoms. The maximum atomic E-state index is 13.5. The molecule has 4 aliphatic heterocycles. The predicted molar refractivity (Wildman–Crippen MR) is 227 cm³/mol. The first-order valence-corrected chi connectivity index (χ1v) is 20.9. The van der Waals surface area contributed by atoms with E-state index in [0.717, 1.165) is 33.4 Å². The Morgan fingerprint density at radius 3 is 2.27 bits per heavy atom. The van der Waals surface area contributed by atoms with Crippen molar-refractivity contribution in [3.05, 3.63) is 125 Å². The molecule has 1 unspecified atom stereocenters. The van der Waals surface area contributed by atoms with Gasteiger partial charge in [-0.3, -0.25) is 39.0 Å². The maximum absolute atomic E-state index is 13.5. The molecule has 13 nitrogen and oxygen atoms in total. The minimum atomic E-state index is -4.42. The van der Waals surface area contributed by atoms with Crippen LogP contribution in [0, 0.1) is 5.92 Å². The number of piperidine rings is 2. The number of anilines is 2. The van der Waals surface area contributed by atoms with Crippen molar-refractivity contribution in [1.29, 1.82) is 0 Å². The van der Waals surface area contributed by atoms with E-state index in [4.69, 9.17) is 4.98 Å². The van der Waals surface area contributed by atoms with Crippen molar-refractivity contribution in [1.82, 2.24) is 25.4 Å². The average Bonchev–Trinajstić information content (AvgIpc) is 3.50. The van der Waals surface area contributed by atoms with E-state index in [-0.39, 0.29) is 47.7 Å².